The van der Waals surface area contributed by atoms with Crippen LogP contribution in [-0.2, 0) is 14.3 Å². The first kappa shape index (κ1) is 11.1. The molecule has 1 fully saturated rings. The summed E-state index contributed by atoms with van der Waals surface area (Å²) in [6.07, 6.45) is 3.56. The molecule has 80 valence electrons. The van der Waals surface area contributed by atoms with E-state index in [1.807, 2.05) is 13.0 Å². The first-order valence-corrected chi connectivity index (χ1v) is 4.91. The Labute approximate surface area is 85.1 Å². The maximum atomic E-state index is 11.5. The number of carbonyl (C=O) groups excluding carboxylic acids is 1. The Morgan fingerprint density at radius 1 is 1.50 bits per heavy atom. The predicted octanol–water partition coefficient (Wildman–Crippen LogP) is 1.98. The van der Waals surface area contributed by atoms with Crippen molar-refractivity contribution in [1.29, 1.82) is 0 Å². The second kappa shape index (κ2) is 4.03. The first-order valence-electron chi connectivity index (χ1n) is 4.91. The smallest absolute Gasteiger partial charge is 0.310 e. The average molecular weight is 198 g/mol. The highest BCUT2D eigenvalue weighted by atomic mass is 16.5. The minimum Gasteiger partial charge on any atom is -0.505 e. The molecule has 0 saturated heterocycles. The van der Waals surface area contributed by atoms with E-state index in [2.05, 4.69) is 13.8 Å². The number of methoxy groups -OCH3 is 1. The van der Waals surface area contributed by atoms with Gasteiger partial charge in [-0.15, -0.1) is 0 Å². The summed E-state index contributed by atoms with van der Waals surface area (Å²) >= 11 is 0. The maximum Gasteiger partial charge on any atom is 0.310 e. The van der Waals surface area contributed by atoms with Gasteiger partial charge in [-0.2, -0.15) is 0 Å². The van der Waals surface area contributed by atoms with E-state index in [4.69, 9.17) is 9.47 Å². The monoisotopic (exact) mass is 198 g/mol. The van der Waals surface area contributed by atoms with Gasteiger partial charge in [-0.25, -0.2) is 0 Å². The minimum atomic E-state index is -0.0942. The predicted molar refractivity (Wildman–Crippen MR) is 53.5 cm³/mol. The third kappa shape index (κ3) is 1.91. The molecule has 0 amide bonds. The molecule has 0 aromatic heterocycles. The van der Waals surface area contributed by atoms with Crippen molar-refractivity contribution < 1.29 is 14.3 Å². The molecule has 0 spiro atoms. The normalized spacial score (nSPS) is 28.9. The quantitative estimate of drug-likeness (QED) is 0.512. The highest BCUT2D eigenvalue weighted by Gasteiger charge is 2.61. The number of carbonyl (C=O) groups is 1. The van der Waals surface area contributed by atoms with E-state index >= 15 is 0 Å². The van der Waals surface area contributed by atoms with Crippen LogP contribution in [0, 0.1) is 17.3 Å². The van der Waals surface area contributed by atoms with Gasteiger partial charge in [0.1, 0.15) is 0 Å². The fraction of sp³-hybridized carbons (Fsp3) is 0.727. The third-order valence-electron chi connectivity index (χ3n) is 2.87. The second-order valence-electron chi connectivity index (χ2n) is 4.14. The van der Waals surface area contributed by atoms with Gasteiger partial charge in [-0.3, -0.25) is 4.79 Å². The van der Waals surface area contributed by atoms with Gasteiger partial charge in [0.25, 0.3) is 0 Å². The van der Waals surface area contributed by atoms with E-state index in [-0.39, 0.29) is 23.2 Å². The first-order chi connectivity index (χ1) is 6.55. The minimum absolute atomic E-state index is 0.00569. The molecule has 0 N–H and O–H groups in total. The summed E-state index contributed by atoms with van der Waals surface area (Å²) < 4.78 is 9.84. The van der Waals surface area contributed by atoms with Crippen LogP contribution in [0.2, 0.25) is 0 Å². The Bertz CT molecular complexity index is 243. The molecular formula is C11H18O3. The van der Waals surface area contributed by atoms with Crippen LogP contribution in [0.4, 0.5) is 0 Å². The Balaban J connectivity index is 2.56. The molecular weight excluding hydrogens is 180 g/mol. The Kier molecular flexibility index (Phi) is 3.19. The average Bonchev–Trinajstić information content (AvgIpc) is 2.65. The SMILES string of the molecule is CCOC(=O)[C@@H]1[C@H](C=COC)C1(C)C. The van der Waals surface area contributed by atoms with E-state index in [9.17, 15) is 4.79 Å². The molecule has 1 rings (SSSR count). The van der Waals surface area contributed by atoms with Crippen LogP contribution in [0.3, 0.4) is 0 Å². The highest BCUT2D eigenvalue weighted by molar-refractivity contribution is 5.78. The van der Waals surface area contributed by atoms with Gasteiger partial charge in [0.05, 0.1) is 25.9 Å². The maximum absolute atomic E-state index is 11.5. The summed E-state index contributed by atoms with van der Waals surface area (Å²) in [6, 6.07) is 0. The molecule has 1 aliphatic carbocycles. The Hall–Kier alpha value is -0.990. The summed E-state index contributed by atoms with van der Waals surface area (Å²) in [4.78, 5) is 11.5. The Morgan fingerprint density at radius 2 is 2.14 bits per heavy atom. The Morgan fingerprint density at radius 3 is 2.64 bits per heavy atom. The molecule has 0 unspecified atom stereocenters. The van der Waals surface area contributed by atoms with Gasteiger partial charge in [0.2, 0.25) is 0 Å². The van der Waals surface area contributed by atoms with Crippen LogP contribution in [0.1, 0.15) is 20.8 Å². The van der Waals surface area contributed by atoms with Crippen molar-refractivity contribution in [2.24, 2.45) is 17.3 Å². The van der Waals surface area contributed by atoms with Gasteiger partial charge in [-0.1, -0.05) is 13.8 Å². The van der Waals surface area contributed by atoms with Crippen molar-refractivity contribution in [2.75, 3.05) is 13.7 Å². The van der Waals surface area contributed by atoms with Crippen molar-refractivity contribution in [3.63, 3.8) is 0 Å². The molecule has 2 atom stereocenters. The summed E-state index contributed by atoms with van der Waals surface area (Å²) in [6.45, 7) is 6.41. The van der Waals surface area contributed by atoms with E-state index in [1.165, 1.54) is 0 Å². The number of hydrogen-bond donors (Lipinski definition) is 0. The molecule has 0 heterocycles. The van der Waals surface area contributed by atoms with Crippen molar-refractivity contribution in [3.05, 3.63) is 12.3 Å². The van der Waals surface area contributed by atoms with Crippen LogP contribution >= 0.6 is 0 Å². The molecule has 1 aliphatic rings. The molecule has 0 bridgehead atoms. The van der Waals surface area contributed by atoms with Gasteiger partial charge in [0, 0.05) is 0 Å². The lowest BCUT2D eigenvalue weighted by molar-refractivity contribution is -0.145. The van der Waals surface area contributed by atoms with Gasteiger partial charge >= 0.3 is 5.97 Å². The summed E-state index contributed by atoms with van der Waals surface area (Å²) in [5.41, 5.74) is 0.0152. The molecule has 14 heavy (non-hydrogen) atoms. The number of hydrogen-bond acceptors (Lipinski definition) is 3. The number of allylic oxidation sites excluding steroid dienone is 1. The van der Waals surface area contributed by atoms with Gasteiger partial charge < -0.3 is 9.47 Å². The van der Waals surface area contributed by atoms with Crippen molar-refractivity contribution in [2.45, 2.75) is 20.8 Å². The zero-order valence-corrected chi connectivity index (χ0v) is 9.24. The van der Waals surface area contributed by atoms with Crippen LogP contribution in [0.25, 0.3) is 0 Å². The summed E-state index contributed by atoms with van der Waals surface area (Å²) in [5.74, 6) is 0.151. The molecule has 0 aromatic carbocycles. The zero-order chi connectivity index (χ0) is 10.8. The van der Waals surface area contributed by atoms with E-state index < -0.39 is 0 Å². The topological polar surface area (TPSA) is 35.5 Å². The lowest BCUT2D eigenvalue weighted by atomic mass is 10.1. The van der Waals surface area contributed by atoms with E-state index in [1.54, 1.807) is 13.4 Å². The fourth-order valence-electron chi connectivity index (χ4n) is 1.88. The van der Waals surface area contributed by atoms with E-state index in [0.717, 1.165) is 0 Å². The lowest BCUT2D eigenvalue weighted by Crippen LogP contribution is -2.10. The summed E-state index contributed by atoms with van der Waals surface area (Å²) in [5, 5.41) is 0. The zero-order valence-electron chi connectivity index (χ0n) is 9.24. The van der Waals surface area contributed by atoms with Gasteiger partial charge in [-0.05, 0) is 24.3 Å². The molecule has 3 heteroatoms. The summed E-state index contributed by atoms with van der Waals surface area (Å²) in [7, 11) is 1.60. The van der Waals surface area contributed by atoms with E-state index in [0.29, 0.717) is 6.61 Å². The van der Waals surface area contributed by atoms with Gasteiger partial charge in [0.15, 0.2) is 0 Å². The number of esters is 1. The van der Waals surface area contributed by atoms with Crippen LogP contribution in [-0.4, -0.2) is 19.7 Å². The molecule has 1 saturated carbocycles. The highest BCUT2D eigenvalue weighted by Crippen LogP contribution is 2.59. The number of rotatable bonds is 4. The van der Waals surface area contributed by atoms with Crippen LogP contribution < -0.4 is 0 Å². The fourth-order valence-corrected chi connectivity index (χ4v) is 1.88. The third-order valence-corrected chi connectivity index (χ3v) is 2.87. The largest absolute Gasteiger partial charge is 0.505 e. The van der Waals surface area contributed by atoms with Crippen molar-refractivity contribution in [1.82, 2.24) is 0 Å². The molecule has 3 nitrogen and oxygen atoms in total. The lowest BCUT2D eigenvalue weighted by Gasteiger charge is -2.01. The van der Waals surface area contributed by atoms with Crippen molar-refractivity contribution >= 4 is 5.97 Å². The van der Waals surface area contributed by atoms with Crippen molar-refractivity contribution in [3.8, 4) is 0 Å². The standard InChI is InChI=1S/C11H18O3/c1-5-14-10(12)9-8(6-7-13-4)11(9,2)3/h6-9H,5H2,1-4H3/t8-,9-/m0/s1. The second-order valence-corrected chi connectivity index (χ2v) is 4.14. The number of ether oxygens (including phenoxy) is 2. The molecule has 0 aromatic rings. The molecule has 0 radical (unpaired) electrons. The van der Waals surface area contributed by atoms with Crippen LogP contribution in [0.15, 0.2) is 12.3 Å². The van der Waals surface area contributed by atoms with Crippen LogP contribution in [0.5, 0.6) is 0 Å². The molecule has 0 aliphatic heterocycles.